The summed E-state index contributed by atoms with van der Waals surface area (Å²) in [5, 5.41) is 6.43. The number of nitrogens with one attached hydrogen (secondary N) is 2. The van der Waals surface area contributed by atoms with Gasteiger partial charge in [-0.15, -0.1) is 12.4 Å². The minimum Gasteiger partial charge on any atom is -0.352 e. The highest BCUT2D eigenvalue weighted by molar-refractivity contribution is 5.95. The van der Waals surface area contributed by atoms with Gasteiger partial charge in [-0.1, -0.05) is 12.1 Å². The molecule has 1 fully saturated rings. The van der Waals surface area contributed by atoms with Crippen molar-refractivity contribution in [3.05, 3.63) is 34.9 Å². The lowest BCUT2D eigenvalue weighted by molar-refractivity contribution is 0.0944. The zero-order valence-corrected chi connectivity index (χ0v) is 12.5. The largest absolute Gasteiger partial charge is 0.352 e. The fourth-order valence-corrected chi connectivity index (χ4v) is 2.43. The lowest BCUT2D eigenvalue weighted by Gasteiger charge is -2.23. The maximum Gasteiger partial charge on any atom is 0.251 e. The van der Waals surface area contributed by atoms with E-state index in [1.165, 1.54) is 18.4 Å². The Balaban J connectivity index is 0.00000180. The molecule has 3 nitrogen and oxygen atoms in total. The van der Waals surface area contributed by atoms with Crippen molar-refractivity contribution in [2.24, 2.45) is 5.92 Å². The second-order valence-corrected chi connectivity index (χ2v) is 5.17. The molecule has 1 unspecified atom stereocenters. The smallest absolute Gasteiger partial charge is 0.251 e. The van der Waals surface area contributed by atoms with Gasteiger partial charge in [-0.25, -0.2) is 0 Å². The molecule has 2 rings (SSSR count). The van der Waals surface area contributed by atoms with E-state index in [0.717, 1.165) is 30.8 Å². The second kappa shape index (κ2) is 7.51. The number of aryl methyl sites for hydroxylation is 1. The molecule has 19 heavy (non-hydrogen) atoms. The fraction of sp³-hybridized carbons (Fsp3) is 0.533. The van der Waals surface area contributed by atoms with E-state index in [9.17, 15) is 4.79 Å². The Kier molecular flexibility index (Phi) is 6.32. The number of halogens is 1. The van der Waals surface area contributed by atoms with Gasteiger partial charge in [0.1, 0.15) is 0 Å². The number of benzene rings is 1. The number of hydrogen-bond donors (Lipinski definition) is 2. The van der Waals surface area contributed by atoms with Gasteiger partial charge < -0.3 is 10.6 Å². The van der Waals surface area contributed by atoms with E-state index >= 15 is 0 Å². The molecule has 106 valence electrons. The molecule has 1 aliphatic rings. The van der Waals surface area contributed by atoms with Crippen LogP contribution in [0.2, 0.25) is 0 Å². The molecule has 1 heterocycles. The molecule has 1 saturated heterocycles. The Hall–Kier alpha value is -1.06. The lowest BCUT2D eigenvalue weighted by Crippen LogP contribution is -2.38. The van der Waals surface area contributed by atoms with Crippen molar-refractivity contribution in [3.63, 3.8) is 0 Å². The Morgan fingerprint density at radius 1 is 1.42 bits per heavy atom. The van der Waals surface area contributed by atoms with E-state index in [1.807, 2.05) is 32.0 Å². The van der Waals surface area contributed by atoms with Crippen molar-refractivity contribution in [2.75, 3.05) is 19.6 Å². The molecule has 4 heteroatoms. The summed E-state index contributed by atoms with van der Waals surface area (Å²) in [4.78, 5) is 12.1. The summed E-state index contributed by atoms with van der Waals surface area (Å²) >= 11 is 0. The molecule has 1 aromatic rings. The van der Waals surface area contributed by atoms with E-state index in [0.29, 0.717) is 5.92 Å². The van der Waals surface area contributed by atoms with Crippen molar-refractivity contribution in [1.82, 2.24) is 10.6 Å². The van der Waals surface area contributed by atoms with Crippen LogP contribution in [0.1, 0.15) is 34.3 Å². The van der Waals surface area contributed by atoms with Gasteiger partial charge in [0.15, 0.2) is 0 Å². The molecule has 1 aliphatic heterocycles. The van der Waals surface area contributed by atoms with Crippen molar-refractivity contribution >= 4 is 18.3 Å². The molecular formula is C15H23ClN2O. The van der Waals surface area contributed by atoms with Crippen LogP contribution in [0.5, 0.6) is 0 Å². The van der Waals surface area contributed by atoms with Crippen LogP contribution in [-0.4, -0.2) is 25.5 Å². The van der Waals surface area contributed by atoms with Crippen molar-refractivity contribution in [3.8, 4) is 0 Å². The normalized spacial score (nSPS) is 18.5. The molecule has 1 atom stereocenters. The number of carbonyl (C=O) groups excluding carboxylic acids is 1. The van der Waals surface area contributed by atoms with Crippen LogP contribution in [0.4, 0.5) is 0 Å². The van der Waals surface area contributed by atoms with Crippen molar-refractivity contribution in [2.45, 2.75) is 26.7 Å². The molecule has 0 bridgehead atoms. The van der Waals surface area contributed by atoms with E-state index in [2.05, 4.69) is 10.6 Å². The minimum absolute atomic E-state index is 0. The molecule has 0 aromatic heterocycles. The van der Waals surface area contributed by atoms with E-state index in [4.69, 9.17) is 0 Å². The number of hydrogen-bond acceptors (Lipinski definition) is 2. The van der Waals surface area contributed by atoms with Crippen LogP contribution in [-0.2, 0) is 0 Å². The quantitative estimate of drug-likeness (QED) is 0.894. The summed E-state index contributed by atoms with van der Waals surface area (Å²) in [7, 11) is 0. The second-order valence-electron chi connectivity index (χ2n) is 5.17. The van der Waals surface area contributed by atoms with Crippen LogP contribution >= 0.6 is 12.4 Å². The Bertz CT molecular complexity index is 428. The van der Waals surface area contributed by atoms with Crippen LogP contribution in [0.15, 0.2) is 18.2 Å². The molecule has 0 radical (unpaired) electrons. The molecule has 1 aromatic carbocycles. The molecular weight excluding hydrogens is 260 g/mol. The van der Waals surface area contributed by atoms with Crippen LogP contribution in [0.3, 0.4) is 0 Å². The Labute approximate surface area is 121 Å². The van der Waals surface area contributed by atoms with E-state index in [1.54, 1.807) is 0 Å². The zero-order valence-electron chi connectivity index (χ0n) is 11.7. The SMILES string of the molecule is Cc1cccc(C(=O)NCC2CCCNC2)c1C.Cl. The average molecular weight is 283 g/mol. The topological polar surface area (TPSA) is 41.1 Å². The third-order valence-electron chi connectivity index (χ3n) is 3.80. The number of piperidine rings is 1. The highest BCUT2D eigenvalue weighted by Crippen LogP contribution is 2.13. The molecule has 0 saturated carbocycles. The summed E-state index contributed by atoms with van der Waals surface area (Å²) in [6.07, 6.45) is 2.42. The molecule has 0 spiro atoms. The highest BCUT2D eigenvalue weighted by atomic mass is 35.5. The third kappa shape index (κ3) is 4.22. The standard InChI is InChI=1S/C15H22N2O.ClH/c1-11-5-3-7-14(12(11)2)15(18)17-10-13-6-4-8-16-9-13;/h3,5,7,13,16H,4,6,8-10H2,1-2H3,(H,17,18);1H. The average Bonchev–Trinajstić information content (AvgIpc) is 2.40. The minimum atomic E-state index is 0. The predicted octanol–water partition coefficient (Wildman–Crippen LogP) is 2.45. The zero-order chi connectivity index (χ0) is 13.0. The summed E-state index contributed by atoms with van der Waals surface area (Å²) in [5.74, 6) is 0.634. The van der Waals surface area contributed by atoms with Gasteiger partial charge >= 0.3 is 0 Å². The molecule has 2 N–H and O–H groups in total. The molecule has 1 amide bonds. The summed E-state index contributed by atoms with van der Waals surface area (Å²) < 4.78 is 0. The van der Waals surface area contributed by atoms with Crippen LogP contribution < -0.4 is 10.6 Å². The van der Waals surface area contributed by atoms with Crippen LogP contribution in [0, 0.1) is 19.8 Å². The van der Waals surface area contributed by atoms with E-state index in [-0.39, 0.29) is 18.3 Å². The fourth-order valence-electron chi connectivity index (χ4n) is 2.43. The lowest BCUT2D eigenvalue weighted by atomic mass is 9.99. The van der Waals surface area contributed by atoms with Gasteiger partial charge in [-0.2, -0.15) is 0 Å². The number of amides is 1. The number of rotatable bonds is 3. The first-order valence-corrected chi connectivity index (χ1v) is 6.73. The third-order valence-corrected chi connectivity index (χ3v) is 3.80. The number of carbonyl (C=O) groups is 1. The van der Waals surface area contributed by atoms with Gasteiger partial charge in [-0.3, -0.25) is 4.79 Å². The van der Waals surface area contributed by atoms with Crippen molar-refractivity contribution in [1.29, 1.82) is 0 Å². The van der Waals surface area contributed by atoms with E-state index < -0.39 is 0 Å². The monoisotopic (exact) mass is 282 g/mol. The predicted molar refractivity (Wildman–Crippen MR) is 81.1 cm³/mol. The summed E-state index contributed by atoms with van der Waals surface area (Å²) in [6.45, 7) is 6.96. The molecule has 0 aliphatic carbocycles. The highest BCUT2D eigenvalue weighted by Gasteiger charge is 2.15. The summed E-state index contributed by atoms with van der Waals surface area (Å²) in [5.41, 5.74) is 3.05. The first-order chi connectivity index (χ1) is 8.68. The Morgan fingerprint density at radius 3 is 2.89 bits per heavy atom. The Morgan fingerprint density at radius 2 is 2.21 bits per heavy atom. The van der Waals surface area contributed by atoms with Gasteiger partial charge in [0.25, 0.3) is 5.91 Å². The maximum atomic E-state index is 12.1. The van der Waals surface area contributed by atoms with Crippen LogP contribution in [0.25, 0.3) is 0 Å². The van der Waals surface area contributed by atoms with Gasteiger partial charge in [0.2, 0.25) is 0 Å². The first kappa shape index (κ1) is 16.0. The summed E-state index contributed by atoms with van der Waals surface area (Å²) in [6, 6.07) is 5.88. The van der Waals surface area contributed by atoms with Crippen molar-refractivity contribution < 1.29 is 4.79 Å². The van der Waals surface area contributed by atoms with Gasteiger partial charge in [-0.05, 0) is 62.9 Å². The maximum absolute atomic E-state index is 12.1. The van der Waals surface area contributed by atoms with Gasteiger partial charge in [0, 0.05) is 12.1 Å². The van der Waals surface area contributed by atoms with Gasteiger partial charge in [0.05, 0.1) is 0 Å². The first-order valence-electron chi connectivity index (χ1n) is 6.73.